The van der Waals surface area contributed by atoms with E-state index in [-0.39, 0.29) is 6.79 Å². The van der Waals surface area contributed by atoms with Gasteiger partial charge in [-0.1, -0.05) is 12.1 Å². The summed E-state index contributed by atoms with van der Waals surface area (Å²) < 4.78 is 10.7. The highest BCUT2D eigenvalue weighted by Crippen LogP contribution is 2.34. The van der Waals surface area contributed by atoms with Crippen LogP contribution < -0.4 is 19.7 Å². The molecule has 1 saturated heterocycles. The average Bonchev–Trinajstić information content (AvgIpc) is 3.16. The van der Waals surface area contributed by atoms with Gasteiger partial charge in [0.05, 0.1) is 11.3 Å². The largest absolute Gasteiger partial charge is 0.454 e. The topological polar surface area (TPSA) is 60.8 Å². The van der Waals surface area contributed by atoms with Gasteiger partial charge < -0.3 is 24.6 Å². The van der Waals surface area contributed by atoms with E-state index in [0.717, 1.165) is 49.1 Å². The van der Waals surface area contributed by atoms with Gasteiger partial charge in [0.25, 0.3) is 0 Å². The molecule has 26 heavy (non-hydrogen) atoms. The number of hydrogen-bond acceptors (Lipinski definition) is 5. The summed E-state index contributed by atoms with van der Waals surface area (Å²) >= 11 is 5.56. The number of piperazine rings is 1. The van der Waals surface area contributed by atoms with Crippen LogP contribution in [0.2, 0.25) is 0 Å². The molecule has 0 atom stereocenters. The SMILES string of the molecule is N#Cc1ccccc1N1CCN(C(=S)Nc2ccc3c(c2)OCO3)CC1. The van der Waals surface area contributed by atoms with E-state index in [9.17, 15) is 5.26 Å². The van der Waals surface area contributed by atoms with Crippen LogP contribution in [0.25, 0.3) is 0 Å². The van der Waals surface area contributed by atoms with Gasteiger partial charge in [0.1, 0.15) is 6.07 Å². The molecular formula is C19H18N4O2S. The molecule has 1 N–H and O–H groups in total. The highest BCUT2D eigenvalue weighted by atomic mass is 32.1. The molecule has 0 amide bonds. The molecule has 0 bridgehead atoms. The Morgan fingerprint density at radius 3 is 2.62 bits per heavy atom. The molecule has 2 heterocycles. The third-order valence-corrected chi connectivity index (χ3v) is 4.92. The van der Waals surface area contributed by atoms with Gasteiger partial charge in [-0.3, -0.25) is 0 Å². The van der Waals surface area contributed by atoms with E-state index < -0.39 is 0 Å². The Hall–Kier alpha value is -2.98. The quantitative estimate of drug-likeness (QED) is 0.820. The van der Waals surface area contributed by atoms with Gasteiger partial charge in [0.15, 0.2) is 16.6 Å². The molecule has 1 fully saturated rings. The third kappa shape index (κ3) is 3.24. The van der Waals surface area contributed by atoms with Gasteiger partial charge in [-0.25, -0.2) is 0 Å². The summed E-state index contributed by atoms with van der Waals surface area (Å²) in [6.45, 7) is 3.50. The summed E-state index contributed by atoms with van der Waals surface area (Å²) in [5.74, 6) is 1.49. The lowest BCUT2D eigenvalue weighted by Crippen LogP contribution is -2.50. The predicted octanol–water partition coefficient (Wildman–Crippen LogP) is 2.81. The van der Waals surface area contributed by atoms with Crippen molar-refractivity contribution in [2.75, 3.05) is 43.2 Å². The predicted molar refractivity (Wildman–Crippen MR) is 104 cm³/mol. The summed E-state index contributed by atoms with van der Waals surface area (Å²) in [6, 6.07) is 15.7. The molecule has 0 unspecified atom stereocenters. The minimum Gasteiger partial charge on any atom is -0.454 e. The van der Waals surface area contributed by atoms with Gasteiger partial charge in [-0.05, 0) is 36.5 Å². The Morgan fingerprint density at radius 2 is 1.81 bits per heavy atom. The lowest BCUT2D eigenvalue weighted by atomic mass is 10.1. The first-order valence-corrected chi connectivity index (χ1v) is 8.85. The second-order valence-electron chi connectivity index (χ2n) is 6.10. The fourth-order valence-corrected chi connectivity index (χ4v) is 3.47. The zero-order valence-corrected chi connectivity index (χ0v) is 15.0. The van der Waals surface area contributed by atoms with Crippen LogP contribution in [0.3, 0.4) is 0 Å². The first kappa shape index (κ1) is 16.5. The van der Waals surface area contributed by atoms with Gasteiger partial charge in [0, 0.05) is 37.9 Å². The number of thiocarbonyl (C=S) groups is 1. The maximum Gasteiger partial charge on any atom is 0.231 e. The second kappa shape index (κ2) is 7.10. The lowest BCUT2D eigenvalue weighted by molar-refractivity contribution is 0.174. The number of fused-ring (bicyclic) bond motifs is 1. The zero-order valence-electron chi connectivity index (χ0n) is 14.1. The maximum atomic E-state index is 9.28. The number of para-hydroxylation sites is 1. The Kier molecular flexibility index (Phi) is 4.50. The van der Waals surface area contributed by atoms with Crippen LogP contribution in [0.5, 0.6) is 11.5 Å². The van der Waals surface area contributed by atoms with Crippen molar-refractivity contribution in [3.05, 3.63) is 48.0 Å². The zero-order chi connectivity index (χ0) is 17.9. The van der Waals surface area contributed by atoms with E-state index in [1.54, 1.807) is 0 Å². The summed E-state index contributed by atoms with van der Waals surface area (Å²) in [5.41, 5.74) is 2.59. The average molecular weight is 366 g/mol. The van der Waals surface area contributed by atoms with E-state index >= 15 is 0 Å². The molecule has 2 aromatic rings. The number of nitriles is 1. The van der Waals surface area contributed by atoms with Crippen molar-refractivity contribution >= 4 is 28.7 Å². The summed E-state index contributed by atoms with van der Waals surface area (Å²) in [5, 5.41) is 13.2. The van der Waals surface area contributed by atoms with Crippen LogP contribution in [0.4, 0.5) is 11.4 Å². The number of anilines is 2. The van der Waals surface area contributed by atoms with Crippen molar-refractivity contribution in [3.8, 4) is 17.6 Å². The van der Waals surface area contributed by atoms with Crippen molar-refractivity contribution in [1.82, 2.24) is 4.90 Å². The molecule has 4 rings (SSSR count). The van der Waals surface area contributed by atoms with Gasteiger partial charge in [-0.2, -0.15) is 5.26 Å². The first-order valence-electron chi connectivity index (χ1n) is 8.44. The monoisotopic (exact) mass is 366 g/mol. The van der Waals surface area contributed by atoms with Crippen molar-refractivity contribution in [2.24, 2.45) is 0 Å². The summed E-state index contributed by atoms with van der Waals surface area (Å²) in [7, 11) is 0. The van der Waals surface area contributed by atoms with Gasteiger partial charge in [-0.15, -0.1) is 0 Å². The van der Waals surface area contributed by atoms with E-state index in [0.29, 0.717) is 10.7 Å². The normalized spacial score (nSPS) is 15.5. The van der Waals surface area contributed by atoms with E-state index in [2.05, 4.69) is 21.2 Å². The first-order chi connectivity index (χ1) is 12.7. The minimum atomic E-state index is 0.259. The van der Waals surface area contributed by atoms with Crippen LogP contribution in [0.15, 0.2) is 42.5 Å². The summed E-state index contributed by atoms with van der Waals surface area (Å²) in [6.07, 6.45) is 0. The number of benzene rings is 2. The van der Waals surface area contributed by atoms with Crippen molar-refractivity contribution in [1.29, 1.82) is 5.26 Å². The van der Waals surface area contributed by atoms with Crippen LogP contribution in [0.1, 0.15) is 5.56 Å². The highest BCUT2D eigenvalue weighted by Gasteiger charge is 2.21. The van der Waals surface area contributed by atoms with Crippen molar-refractivity contribution in [3.63, 3.8) is 0 Å². The van der Waals surface area contributed by atoms with Crippen LogP contribution >= 0.6 is 12.2 Å². The highest BCUT2D eigenvalue weighted by molar-refractivity contribution is 7.80. The molecule has 7 heteroatoms. The van der Waals surface area contributed by atoms with E-state index in [1.807, 2.05) is 42.5 Å². The molecule has 0 aromatic heterocycles. The van der Waals surface area contributed by atoms with Crippen LogP contribution in [-0.2, 0) is 0 Å². The molecule has 0 radical (unpaired) electrons. The smallest absolute Gasteiger partial charge is 0.231 e. The van der Waals surface area contributed by atoms with Crippen LogP contribution in [0, 0.1) is 11.3 Å². The third-order valence-electron chi connectivity index (χ3n) is 4.56. The Labute approximate surface area is 157 Å². The number of rotatable bonds is 2. The van der Waals surface area contributed by atoms with E-state index in [1.165, 1.54) is 0 Å². The van der Waals surface area contributed by atoms with Gasteiger partial charge in [0.2, 0.25) is 6.79 Å². The lowest BCUT2D eigenvalue weighted by Gasteiger charge is -2.37. The second-order valence-corrected chi connectivity index (χ2v) is 6.49. The standard InChI is InChI=1S/C19H18N4O2S/c20-12-14-3-1-2-4-16(14)22-7-9-23(10-8-22)19(26)21-15-5-6-17-18(11-15)25-13-24-17/h1-6,11H,7-10,13H2,(H,21,26). The van der Waals surface area contributed by atoms with Crippen LogP contribution in [-0.4, -0.2) is 43.0 Å². The number of ether oxygens (including phenoxy) is 2. The fourth-order valence-electron chi connectivity index (χ4n) is 3.17. The Balaban J connectivity index is 1.37. The molecular weight excluding hydrogens is 348 g/mol. The Bertz CT molecular complexity index is 872. The summed E-state index contributed by atoms with van der Waals surface area (Å²) in [4.78, 5) is 4.38. The van der Waals surface area contributed by atoms with Crippen molar-refractivity contribution in [2.45, 2.75) is 0 Å². The van der Waals surface area contributed by atoms with Gasteiger partial charge >= 0.3 is 0 Å². The molecule has 0 aliphatic carbocycles. The molecule has 6 nitrogen and oxygen atoms in total. The Morgan fingerprint density at radius 1 is 1.04 bits per heavy atom. The maximum absolute atomic E-state index is 9.28. The fraction of sp³-hybridized carbons (Fsp3) is 0.263. The molecule has 0 spiro atoms. The number of nitrogens with one attached hydrogen (secondary N) is 1. The van der Waals surface area contributed by atoms with Crippen molar-refractivity contribution < 1.29 is 9.47 Å². The molecule has 132 valence electrons. The minimum absolute atomic E-state index is 0.259. The molecule has 0 saturated carbocycles. The number of nitrogens with zero attached hydrogens (tertiary/aromatic N) is 3. The molecule has 2 aliphatic heterocycles. The molecule has 2 aromatic carbocycles. The number of hydrogen-bond donors (Lipinski definition) is 1. The molecule has 2 aliphatic rings. The van der Waals surface area contributed by atoms with E-state index in [4.69, 9.17) is 21.7 Å².